The number of carbonyl (C=O) groups is 2. The third kappa shape index (κ3) is 4.88. The lowest BCUT2D eigenvalue weighted by molar-refractivity contribution is -0.105. The average Bonchev–Trinajstić information content (AvgIpc) is 3.68. The van der Waals surface area contributed by atoms with Gasteiger partial charge in [-0.05, 0) is 38.0 Å². The van der Waals surface area contributed by atoms with E-state index in [4.69, 9.17) is 4.98 Å². The molecule has 2 amide bonds. The Morgan fingerprint density at radius 2 is 1.92 bits per heavy atom. The van der Waals surface area contributed by atoms with Crippen molar-refractivity contribution in [2.24, 2.45) is 0 Å². The molecule has 3 aromatic rings. The van der Waals surface area contributed by atoms with E-state index in [1.807, 2.05) is 6.92 Å². The van der Waals surface area contributed by atoms with Gasteiger partial charge in [-0.2, -0.15) is 14.9 Å². The molecule has 190 valence electrons. The molecule has 0 atom stereocenters. The lowest BCUT2D eigenvalue weighted by Gasteiger charge is -2.37. The fourth-order valence-corrected chi connectivity index (χ4v) is 4.41. The number of pyridine rings is 1. The van der Waals surface area contributed by atoms with Crippen molar-refractivity contribution in [2.75, 3.05) is 48.3 Å². The van der Waals surface area contributed by atoms with Crippen molar-refractivity contribution >= 4 is 41.5 Å². The highest BCUT2D eigenvalue weighted by molar-refractivity contribution is 5.90. The van der Waals surface area contributed by atoms with Crippen LogP contribution in [0.5, 0.6) is 0 Å². The van der Waals surface area contributed by atoms with E-state index in [1.165, 1.54) is 7.05 Å². The summed E-state index contributed by atoms with van der Waals surface area (Å²) in [4.78, 5) is 37.1. The standard InChI is InChI=1S/C25H28N10O2/c1-16-21(33-8-10-34(11-9-33)23-17(13-26)4-3-7-28-23)32-24-18(12-20(15-36)31-25(37)27-2)14-29-35(24)22(16)30-19-5-6-19/h3-4,7,12,14-15,19,30H,5-6,8-11H2,1-2H3,(H2,27,31,37)/b20-12-. The zero-order chi connectivity index (χ0) is 25.9. The first-order valence-electron chi connectivity index (χ1n) is 12.2. The van der Waals surface area contributed by atoms with E-state index in [0.29, 0.717) is 61.1 Å². The average molecular weight is 501 g/mol. The monoisotopic (exact) mass is 500 g/mol. The van der Waals surface area contributed by atoms with Crippen LogP contribution in [0.15, 0.2) is 30.2 Å². The van der Waals surface area contributed by atoms with Crippen molar-refractivity contribution in [1.82, 2.24) is 30.2 Å². The zero-order valence-corrected chi connectivity index (χ0v) is 20.7. The molecule has 4 heterocycles. The van der Waals surface area contributed by atoms with Crippen LogP contribution in [0, 0.1) is 18.3 Å². The third-order valence-electron chi connectivity index (χ3n) is 6.51. The number of urea groups is 1. The second-order valence-electron chi connectivity index (χ2n) is 9.05. The van der Waals surface area contributed by atoms with Crippen LogP contribution in [0.25, 0.3) is 11.7 Å². The molecule has 1 aliphatic heterocycles. The van der Waals surface area contributed by atoms with E-state index in [0.717, 1.165) is 30.0 Å². The smallest absolute Gasteiger partial charge is 0.319 e. The molecule has 5 rings (SSSR count). The molecule has 3 aromatic heterocycles. The van der Waals surface area contributed by atoms with Crippen molar-refractivity contribution < 1.29 is 9.59 Å². The summed E-state index contributed by atoms with van der Waals surface area (Å²) in [6.45, 7) is 4.82. The summed E-state index contributed by atoms with van der Waals surface area (Å²) in [5.41, 5.74) is 2.85. The van der Waals surface area contributed by atoms with Crippen LogP contribution in [0.3, 0.4) is 0 Å². The first-order chi connectivity index (χ1) is 18.0. The number of aromatic nitrogens is 4. The maximum Gasteiger partial charge on any atom is 0.319 e. The second kappa shape index (κ2) is 10.1. The minimum Gasteiger partial charge on any atom is -0.367 e. The zero-order valence-electron chi connectivity index (χ0n) is 20.7. The number of nitriles is 1. The van der Waals surface area contributed by atoms with E-state index < -0.39 is 6.03 Å². The molecule has 12 heteroatoms. The molecular weight excluding hydrogens is 472 g/mol. The van der Waals surface area contributed by atoms with Crippen molar-refractivity contribution in [3.8, 4) is 6.07 Å². The summed E-state index contributed by atoms with van der Waals surface area (Å²) < 4.78 is 1.76. The van der Waals surface area contributed by atoms with Gasteiger partial charge in [-0.3, -0.25) is 4.79 Å². The number of nitrogens with zero attached hydrogens (tertiary/aromatic N) is 7. The molecule has 1 saturated heterocycles. The highest BCUT2D eigenvalue weighted by Gasteiger charge is 2.28. The summed E-state index contributed by atoms with van der Waals surface area (Å²) in [6, 6.07) is 5.69. The molecule has 1 aliphatic carbocycles. The highest BCUT2D eigenvalue weighted by Crippen LogP contribution is 2.33. The van der Waals surface area contributed by atoms with E-state index in [1.54, 1.807) is 35.1 Å². The molecule has 0 aromatic carbocycles. The van der Waals surface area contributed by atoms with E-state index in [9.17, 15) is 14.9 Å². The minimum atomic E-state index is -0.485. The number of hydrogen-bond donors (Lipinski definition) is 3. The van der Waals surface area contributed by atoms with Gasteiger partial charge in [-0.25, -0.2) is 14.8 Å². The van der Waals surface area contributed by atoms with Crippen LogP contribution in [0.1, 0.15) is 29.5 Å². The quantitative estimate of drug-likeness (QED) is 0.326. The fourth-order valence-electron chi connectivity index (χ4n) is 4.41. The van der Waals surface area contributed by atoms with Gasteiger partial charge in [0.15, 0.2) is 11.9 Å². The van der Waals surface area contributed by atoms with Gasteiger partial charge in [0, 0.05) is 56.6 Å². The fraction of sp³-hybridized carbons (Fsp3) is 0.360. The lowest BCUT2D eigenvalue weighted by atomic mass is 10.2. The van der Waals surface area contributed by atoms with Gasteiger partial charge in [0.05, 0.1) is 17.5 Å². The van der Waals surface area contributed by atoms with Crippen molar-refractivity contribution in [3.05, 3.63) is 46.9 Å². The topological polar surface area (TPSA) is 144 Å². The molecule has 2 aliphatic rings. The highest BCUT2D eigenvalue weighted by atomic mass is 16.2. The Morgan fingerprint density at radius 3 is 2.57 bits per heavy atom. The van der Waals surface area contributed by atoms with E-state index in [2.05, 4.69) is 41.9 Å². The van der Waals surface area contributed by atoms with Crippen LogP contribution in [0.4, 0.5) is 22.2 Å². The number of anilines is 3. The van der Waals surface area contributed by atoms with Gasteiger partial charge < -0.3 is 25.8 Å². The van der Waals surface area contributed by atoms with E-state index >= 15 is 0 Å². The van der Waals surface area contributed by atoms with Gasteiger partial charge in [0.25, 0.3) is 0 Å². The number of allylic oxidation sites excluding steroid dienone is 1. The third-order valence-corrected chi connectivity index (χ3v) is 6.51. The van der Waals surface area contributed by atoms with Crippen LogP contribution in [-0.4, -0.2) is 71.2 Å². The van der Waals surface area contributed by atoms with Crippen LogP contribution >= 0.6 is 0 Å². The van der Waals surface area contributed by atoms with Gasteiger partial charge in [-0.15, -0.1) is 0 Å². The number of fused-ring (bicyclic) bond motifs is 1. The van der Waals surface area contributed by atoms with Gasteiger partial charge in [0.1, 0.15) is 23.5 Å². The van der Waals surface area contributed by atoms with Crippen LogP contribution in [0.2, 0.25) is 0 Å². The molecule has 3 N–H and O–H groups in total. The Bertz CT molecular complexity index is 1410. The summed E-state index contributed by atoms with van der Waals surface area (Å²) in [5.74, 6) is 2.40. The Hall–Kier alpha value is -4.66. The minimum absolute atomic E-state index is 0.104. The predicted molar refractivity (Wildman–Crippen MR) is 139 cm³/mol. The SMILES string of the molecule is CNC(=O)N/C(C=O)=C\c1cnn2c(NC3CC3)c(C)c(N3CCN(c4ncccc4C#N)CC3)nc12. The molecule has 0 bridgehead atoms. The molecular formula is C25H28N10O2. The van der Waals surface area contributed by atoms with Gasteiger partial charge in [0.2, 0.25) is 0 Å². The molecule has 0 unspecified atom stereocenters. The number of aldehydes is 1. The number of amides is 2. The first kappa shape index (κ1) is 24.1. The Balaban J connectivity index is 1.48. The summed E-state index contributed by atoms with van der Waals surface area (Å²) in [7, 11) is 1.48. The second-order valence-corrected chi connectivity index (χ2v) is 9.05. The largest absolute Gasteiger partial charge is 0.367 e. The number of hydrogen-bond acceptors (Lipinski definition) is 9. The summed E-state index contributed by atoms with van der Waals surface area (Å²) in [5, 5.41) is 22.5. The maximum absolute atomic E-state index is 11.7. The van der Waals surface area contributed by atoms with Gasteiger partial charge >= 0.3 is 6.03 Å². The Morgan fingerprint density at radius 1 is 1.19 bits per heavy atom. The lowest BCUT2D eigenvalue weighted by Crippen LogP contribution is -2.47. The summed E-state index contributed by atoms with van der Waals surface area (Å²) in [6.07, 6.45) is 7.70. The Kier molecular flexibility index (Phi) is 6.59. The van der Waals surface area contributed by atoms with Crippen molar-refractivity contribution in [3.63, 3.8) is 0 Å². The van der Waals surface area contributed by atoms with Gasteiger partial charge in [-0.1, -0.05) is 0 Å². The molecule has 0 radical (unpaired) electrons. The maximum atomic E-state index is 11.7. The molecule has 12 nitrogen and oxygen atoms in total. The number of piperazine rings is 1. The number of carbonyl (C=O) groups excluding carboxylic acids is 2. The molecule has 37 heavy (non-hydrogen) atoms. The molecule has 2 fully saturated rings. The number of nitrogens with one attached hydrogen (secondary N) is 3. The van der Waals surface area contributed by atoms with Crippen molar-refractivity contribution in [2.45, 2.75) is 25.8 Å². The number of rotatable bonds is 7. The van der Waals surface area contributed by atoms with Crippen LogP contribution < -0.4 is 25.8 Å². The molecule has 0 spiro atoms. The van der Waals surface area contributed by atoms with E-state index in [-0.39, 0.29) is 5.70 Å². The Labute approximate surface area is 214 Å². The summed E-state index contributed by atoms with van der Waals surface area (Å²) >= 11 is 0. The normalized spacial score (nSPS) is 15.9. The van der Waals surface area contributed by atoms with Crippen LogP contribution in [-0.2, 0) is 4.79 Å². The molecule has 1 saturated carbocycles. The first-order valence-corrected chi connectivity index (χ1v) is 12.2. The predicted octanol–water partition coefficient (Wildman–Crippen LogP) is 1.67. The van der Waals surface area contributed by atoms with Crippen molar-refractivity contribution in [1.29, 1.82) is 5.26 Å².